The van der Waals surface area contributed by atoms with E-state index in [1.807, 2.05) is 30.3 Å². The summed E-state index contributed by atoms with van der Waals surface area (Å²) in [5, 5.41) is 2.06. The Kier molecular flexibility index (Phi) is 4.51. The molecule has 0 spiro atoms. The van der Waals surface area contributed by atoms with Crippen LogP contribution in [0.5, 0.6) is 0 Å². The molecule has 1 saturated heterocycles. The fraction of sp³-hybridized carbons (Fsp3) is 0.0526. The Balaban J connectivity index is 1.57. The van der Waals surface area contributed by atoms with Gasteiger partial charge in [0.1, 0.15) is 5.76 Å². The second-order valence-electron chi connectivity index (χ2n) is 5.80. The van der Waals surface area contributed by atoms with Crippen molar-refractivity contribution < 1.29 is 14.0 Å². The molecule has 4 rings (SSSR count). The average Bonchev–Trinajstić information content (AvgIpc) is 3.20. The van der Waals surface area contributed by atoms with Gasteiger partial charge in [-0.3, -0.25) is 20.0 Å². The molecule has 2 aromatic heterocycles. The lowest BCUT2D eigenvalue weighted by atomic mass is 10.1. The molecule has 0 atom stereocenters. The summed E-state index contributed by atoms with van der Waals surface area (Å²) >= 11 is 6.39. The van der Waals surface area contributed by atoms with Gasteiger partial charge < -0.3 is 4.42 Å². The SMILES string of the molecule is Cc1occc1C(=O)NN1C(=O)/C(=C\c2ccc3ncccc3c2)SC1=S. The summed E-state index contributed by atoms with van der Waals surface area (Å²) in [5.74, 6) is -0.348. The lowest BCUT2D eigenvalue weighted by Crippen LogP contribution is -2.44. The van der Waals surface area contributed by atoms with Crippen LogP contribution in [0.1, 0.15) is 21.7 Å². The maximum absolute atomic E-state index is 12.7. The largest absolute Gasteiger partial charge is 0.469 e. The van der Waals surface area contributed by atoms with Crippen LogP contribution in [0, 0.1) is 6.92 Å². The number of fused-ring (bicyclic) bond motifs is 1. The third-order valence-corrected chi connectivity index (χ3v) is 5.34. The van der Waals surface area contributed by atoms with Crippen LogP contribution in [-0.2, 0) is 4.79 Å². The van der Waals surface area contributed by atoms with Crippen molar-refractivity contribution in [3.05, 3.63) is 70.7 Å². The van der Waals surface area contributed by atoms with Gasteiger partial charge >= 0.3 is 0 Å². The van der Waals surface area contributed by atoms with Crippen LogP contribution in [0.2, 0.25) is 0 Å². The lowest BCUT2D eigenvalue weighted by molar-refractivity contribution is -0.123. The number of hydrazine groups is 1. The molecule has 0 radical (unpaired) electrons. The molecule has 0 aliphatic carbocycles. The summed E-state index contributed by atoms with van der Waals surface area (Å²) in [6.45, 7) is 1.67. The number of carbonyl (C=O) groups is 2. The van der Waals surface area contributed by atoms with Crippen molar-refractivity contribution in [2.75, 3.05) is 0 Å². The number of aromatic nitrogens is 1. The lowest BCUT2D eigenvalue weighted by Gasteiger charge is -2.15. The standard InChI is InChI=1S/C19H13N3O3S2/c1-11-14(6-8-25-11)17(23)21-22-18(24)16(27-19(22)26)10-12-4-5-15-13(9-12)3-2-7-20-15/h2-10H,1H3,(H,21,23)/b16-10+. The second kappa shape index (κ2) is 6.98. The molecule has 0 unspecified atom stereocenters. The van der Waals surface area contributed by atoms with Crippen LogP contribution in [-0.4, -0.2) is 26.1 Å². The van der Waals surface area contributed by atoms with Crippen LogP contribution in [0.4, 0.5) is 0 Å². The summed E-state index contributed by atoms with van der Waals surface area (Å²) in [7, 11) is 0. The number of hydrogen-bond acceptors (Lipinski definition) is 6. The molecule has 6 nitrogen and oxygen atoms in total. The number of thiocarbonyl (C=S) groups is 1. The van der Waals surface area contributed by atoms with Gasteiger partial charge in [-0.05, 0) is 55.0 Å². The zero-order valence-corrected chi connectivity index (χ0v) is 15.8. The number of carbonyl (C=O) groups excluding carboxylic acids is 2. The van der Waals surface area contributed by atoms with E-state index >= 15 is 0 Å². The summed E-state index contributed by atoms with van der Waals surface area (Å²) < 4.78 is 5.39. The van der Waals surface area contributed by atoms with E-state index in [4.69, 9.17) is 16.6 Å². The highest BCUT2D eigenvalue weighted by atomic mass is 32.2. The van der Waals surface area contributed by atoms with E-state index in [-0.39, 0.29) is 10.2 Å². The van der Waals surface area contributed by atoms with Gasteiger partial charge in [0.25, 0.3) is 11.8 Å². The fourth-order valence-electron chi connectivity index (χ4n) is 2.68. The average molecular weight is 395 g/mol. The number of furan rings is 1. The number of rotatable bonds is 3. The van der Waals surface area contributed by atoms with Gasteiger partial charge in [0.15, 0.2) is 4.32 Å². The Morgan fingerprint density at radius 3 is 2.96 bits per heavy atom. The number of nitrogens with one attached hydrogen (secondary N) is 1. The highest BCUT2D eigenvalue weighted by Gasteiger charge is 2.34. The number of amides is 2. The normalized spacial score (nSPS) is 15.7. The van der Waals surface area contributed by atoms with Crippen LogP contribution >= 0.6 is 24.0 Å². The van der Waals surface area contributed by atoms with Crippen LogP contribution in [0.25, 0.3) is 17.0 Å². The van der Waals surface area contributed by atoms with Gasteiger partial charge in [0.05, 0.1) is 22.2 Å². The van der Waals surface area contributed by atoms with Gasteiger partial charge in [0.2, 0.25) is 0 Å². The van der Waals surface area contributed by atoms with E-state index in [2.05, 4.69) is 10.4 Å². The topological polar surface area (TPSA) is 75.4 Å². The van der Waals surface area contributed by atoms with E-state index < -0.39 is 5.91 Å². The van der Waals surface area contributed by atoms with Crippen LogP contribution in [0.15, 0.2) is 58.2 Å². The maximum Gasteiger partial charge on any atom is 0.285 e. The Bertz CT molecular complexity index is 1120. The number of pyridine rings is 1. The van der Waals surface area contributed by atoms with Gasteiger partial charge in [0, 0.05) is 11.6 Å². The van der Waals surface area contributed by atoms with Crippen LogP contribution < -0.4 is 5.43 Å². The minimum absolute atomic E-state index is 0.267. The Hall–Kier alpha value is -2.97. The van der Waals surface area contributed by atoms with Crippen molar-refractivity contribution in [1.29, 1.82) is 0 Å². The van der Waals surface area contributed by atoms with E-state index in [1.54, 1.807) is 25.3 Å². The van der Waals surface area contributed by atoms with Crippen molar-refractivity contribution in [3.63, 3.8) is 0 Å². The second-order valence-corrected chi connectivity index (χ2v) is 7.48. The monoisotopic (exact) mass is 395 g/mol. The molecule has 27 heavy (non-hydrogen) atoms. The Labute approximate surface area is 164 Å². The van der Waals surface area contributed by atoms with Crippen molar-refractivity contribution in [1.82, 2.24) is 15.4 Å². The first-order valence-electron chi connectivity index (χ1n) is 8.01. The molecule has 1 aliphatic rings. The summed E-state index contributed by atoms with van der Waals surface area (Å²) in [6.07, 6.45) is 4.90. The first kappa shape index (κ1) is 17.4. The van der Waals surface area contributed by atoms with Crippen molar-refractivity contribution in [2.45, 2.75) is 6.92 Å². The van der Waals surface area contributed by atoms with Crippen molar-refractivity contribution >= 4 is 57.1 Å². The smallest absolute Gasteiger partial charge is 0.285 e. The summed E-state index contributed by atoms with van der Waals surface area (Å²) in [4.78, 5) is 29.7. The number of nitrogens with zero attached hydrogens (tertiary/aromatic N) is 2. The van der Waals surface area contributed by atoms with Crippen molar-refractivity contribution in [3.8, 4) is 0 Å². The molecule has 0 bridgehead atoms. The van der Waals surface area contributed by atoms with E-state index in [0.29, 0.717) is 16.2 Å². The molecule has 0 saturated carbocycles. The van der Waals surface area contributed by atoms with E-state index in [1.165, 1.54) is 6.26 Å². The van der Waals surface area contributed by atoms with Gasteiger partial charge in [-0.1, -0.05) is 23.9 Å². The predicted octanol–water partition coefficient (Wildman–Crippen LogP) is 3.68. The highest BCUT2D eigenvalue weighted by molar-refractivity contribution is 8.26. The van der Waals surface area contributed by atoms with Gasteiger partial charge in [-0.25, -0.2) is 0 Å². The summed E-state index contributed by atoms with van der Waals surface area (Å²) in [5.41, 5.74) is 4.63. The maximum atomic E-state index is 12.7. The molecule has 1 aromatic carbocycles. The molecule has 1 aliphatic heterocycles. The molecule has 3 aromatic rings. The minimum Gasteiger partial charge on any atom is -0.469 e. The minimum atomic E-state index is -0.449. The predicted molar refractivity (Wildman–Crippen MR) is 108 cm³/mol. The Morgan fingerprint density at radius 2 is 2.19 bits per heavy atom. The highest BCUT2D eigenvalue weighted by Crippen LogP contribution is 2.32. The molecular weight excluding hydrogens is 382 g/mol. The first-order chi connectivity index (χ1) is 13.0. The van der Waals surface area contributed by atoms with E-state index in [9.17, 15) is 9.59 Å². The quantitative estimate of drug-likeness (QED) is 0.539. The number of aryl methyl sites for hydroxylation is 1. The summed E-state index contributed by atoms with van der Waals surface area (Å²) in [6, 6.07) is 11.1. The first-order valence-corrected chi connectivity index (χ1v) is 9.23. The zero-order chi connectivity index (χ0) is 19.0. The Morgan fingerprint density at radius 1 is 1.33 bits per heavy atom. The molecule has 134 valence electrons. The zero-order valence-electron chi connectivity index (χ0n) is 14.1. The molecule has 1 N–H and O–H groups in total. The third kappa shape index (κ3) is 3.36. The molecule has 2 amide bonds. The number of thioether (sulfide) groups is 1. The van der Waals surface area contributed by atoms with Gasteiger partial charge in [-0.15, -0.1) is 0 Å². The fourth-order valence-corrected chi connectivity index (χ4v) is 3.86. The molecule has 8 heteroatoms. The third-order valence-electron chi connectivity index (χ3n) is 4.04. The van der Waals surface area contributed by atoms with Crippen molar-refractivity contribution in [2.24, 2.45) is 0 Å². The van der Waals surface area contributed by atoms with Gasteiger partial charge in [-0.2, -0.15) is 5.01 Å². The molecular formula is C19H13N3O3S2. The van der Waals surface area contributed by atoms with Crippen LogP contribution in [0.3, 0.4) is 0 Å². The number of benzene rings is 1. The number of hydrogen-bond donors (Lipinski definition) is 1. The molecule has 3 heterocycles. The molecule has 1 fully saturated rings. The van der Waals surface area contributed by atoms with E-state index in [0.717, 1.165) is 33.2 Å².